The van der Waals surface area contributed by atoms with Crippen LogP contribution in [0.15, 0.2) is 18.2 Å². The van der Waals surface area contributed by atoms with Gasteiger partial charge < -0.3 is 5.11 Å². The molecule has 13 heavy (non-hydrogen) atoms. The maximum absolute atomic E-state index is 13.0. The molecule has 0 saturated carbocycles. The van der Waals surface area contributed by atoms with Gasteiger partial charge in [0.05, 0.1) is 5.56 Å². The highest BCUT2D eigenvalue weighted by molar-refractivity contribution is 5.27. The van der Waals surface area contributed by atoms with Crippen LogP contribution in [0.5, 0.6) is 0 Å². The van der Waals surface area contributed by atoms with Crippen molar-refractivity contribution < 1.29 is 13.9 Å². The van der Waals surface area contributed by atoms with E-state index in [0.717, 1.165) is 12.1 Å². The first-order valence-electron chi connectivity index (χ1n) is 3.71. The zero-order chi connectivity index (χ0) is 9.84. The lowest BCUT2D eigenvalue weighted by atomic mass is 10.1. The highest BCUT2D eigenvalue weighted by Gasteiger charge is 2.14. The van der Waals surface area contributed by atoms with Crippen molar-refractivity contribution in [2.75, 3.05) is 0 Å². The minimum absolute atomic E-state index is 0.392. The highest BCUT2D eigenvalue weighted by Crippen LogP contribution is 2.19. The van der Waals surface area contributed by atoms with Crippen LogP contribution in [-0.4, -0.2) is 5.11 Å². The van der Waals surface area contributed by atoms with Crippen molar-refractivity contribution in [3.05, 3.63) is 35.4 Å². The number of aliphatic hydroxyl groups excluding tert-OH is 1. The van der Waals surface area contributed by atoms with E-state index in [1.165, 1.54) is 13.0 Å². The van der Waals surface area contributed by atoms with Gasteiger partial charge in [-0.3, -0.25) is 0 Å². The number of hydrogen-bond donors (Lipinski definition) is 1. The molecule has 68 valence electrons. The first-order valence-corrected chi connectivity index (χ1v) is 3.71. The fourth-order valence-electron chi connectivity index (χ4n) is 0.981. The molecular formula is C10H8F2O. The Bertz CT molecular complexity index is 343. The molecule has 1 aromatic carbocycles. The van der Waals surface area contributed by atoms with Crippen LogP contribution in [0.1, 0.15) is 18.6 Å². The fourth-order valence-corrected chi connectivity index (χ4v) is 0.981. The molecule has 0 aliphatic carbocycles. The van der Waals surface area contributed by atoms with Gasteiger partial charge in [-0.2, -0.15) is 0 Å². The van der Waals surface area contributed by atoms with Crippen LogP contribution >= 0.6 is 0 Å². The first kappa shape index (κ1) is 9.69. The summed E-state index contributed by atoms with van der Waals surface area (Å²) in [5, 5.41) is 9.23. The summed E-state index contributed by atoms with van der Waals surface area (Å²) in [7, 11) is 0. The van der Waals surface area contributed by atoms with Crippen molar-refractivity contribution >= 4 is 0 Å². The molecule has 0 aromatic heterocycles. The van der Waals surface area contributed by atoms with Crippen molar-refractivity contribution in [3.63, 3.8) is 0 Å². The zero-order valence-corrected chi connectivity index (χ0v) is 7.01. The third kappa shape index (κ3) is 2.04. The van der Waals surface area contributed by atoms with Crippen molar-refractivity contribution in [2.24, 2.45) is 0 Å². The molecule has 0 aliphatic heterocycles. The van der Waals surface area contributed by atoms with E-state index in [2.05, 4.69) is 11.8 Å². The van der Waals surface area contributed by atoms with Crippen LogP contribution in [-0.2, 0) is 0 Å². The monoisotopic (exact) mass is 182 g/mol. The van der Waals surface area contributed by atoms with E-state index in [9.17, 15) is 13.9 Å². The molecule has 1 N–H and O–H groups in total. The molecule has 0 amide bonds. The summed E-state index contributed by atoms with van der Waals surface area (Å²) in [6, 6.07) is 3.40. The molecule has 1 atom stereocenters. The Balaban J connectivity index is 3.17. The van der Waals surface area contributed by atoms with E-state index in [4.69, 9.17) is 0 Å². The lowest BCUT2D eigenvalue weighted by Crippen LogP contribution is -2.01. The van der Waals surface area contributed by atoms with Gasteiger partial charge in [0.1, 0.15) is 17.7 Å². The predicted octanol–water partition coefficient (Wildman–Crippen LogP) is 2.02. The van der Waals surface area contributed by atoms with E-state index in [1.54, 1.807) is 0 Å². The van der Waals surface area contributed by atoms with Gasteiger partial charge in [0.25, 0.3) is 0 Å². The number of rotatable bonds is 1. The summed E-state index contributed by atoms with van der Waals surface area (Å²) in [4.78, 5) is 0. The molecule has 0 aliphatic rings. The molecule has 0 fully saturated rings. The average molecular weight is 182 g/mol. The number of aliphatic hydroxyl groups is 1. The number of hydrogen-bond acceptors (Lipinski definition) is 1. The van der Waals surface area contributed by atoms with E-state index < -0.39 is 23.3 Å². The molecule has 0 spiro atoms. The van der Waals surface area contributed by atoms with E-state index in [1.807, 2.05) is 0 Å². The standard InChI is InChI=1S/C10H8F2O/c1-2-4-9(13)10-7(11)5-3-6-8(10)12/h3,5-6,9,13H,1H3. The van der Waals surface area contributed by atoms with Crippen molar-refractivity contribution in [2.45, 2.75) is 13.0 Å². The summed E-state index contributed by atoms with van der Waals surface area (Å²) in [5.74, 6) is 3.09. The van der Waals surface area contributed by atoms with Gasteiger partial charge in [0.15, 0.2) is 0 Å². The summed E-state index contributed by atoms with van der Waals surface area (Å²) in [5.41, 5.74) is -0.392. The molecule has 0 saturated heterocycles. The molecule has 1 aromatic rings. The van der Waals surface area contributed by atoms with Crippen molar-refractivity contribution in [1.29, 1.82) is 0 Å². The maximum atomic E-state index is 13.0. The van der Waals surface area contributed by atoms with Crippen LogP contribution < -0.4 is 0 Å². The zero-order valence-electron chi connectivity index (χ0n) is 7.01. The molecule has 3 heteroatoms. The molecule has 0 heterocycles. The Morgan fingerprint density at radius 2 is 1.85 bits per heavy atom. The smallest absolute Gasteiger partial charge is 0.145 e. The van der Waals surface area contributed by atoms with Gasteiger partial charge in [-0.15, -0.1) is 5.92 Å². The Hall–Kier alpha value is -1.40. The second-order valence-corrected chi connectivity index (χ2v) is 2.43. The summed E-state index contributed by atoms with van der Waals surface area (Å²) >= 11 is 0. The molecule has 1 nitrogen and oxygen atoms in total. The topological polar surface area (TPSA) is 20.2 Å². The van der Waals surface area contributed by atoms with Gasteiger partial charge in [-0.25, -0.2) is 8.78 Å². The summed E-state index contributed by atoms with van der Waals surface area (Å²) < 4.78 is 25.9. The van der Waals surface area contributed by atoms with Gasteiger partial charge in [-0.1, -0.05) is 12.0 Å². The van der Waals surface area contributed by atoms with Crippen LogP contribution in [0.2, 0.25) is 0 Å². The fraction of sp³-hybridized carbons (Fsp3) is 0.200. The van der Waals surface area contributed by atoms with E-state index in [-0.39, 0.29) is 0 Å². The Morgan fingerprint density at radius 3 is 2.31 bits per heavy atom. The van der Waals surface area contributed by atoms with Crippen LogP contribution in [0.4, 0.5) is 8.78 Å². The number of halogens is 2. The normalized spacial score (nSPS) is 11.7. The predicted molar refractivity (Wildman–Crippen MR) is 44.8 cm³/mol. The van der Waals surface area contributed by atoms with Crippen LogP contribution in [0.25, 0.3) is 0 Å². The minimum Gasteiger partial charge on any atom is -0.376 e. The van der Waals surface area contributed by atoms with E-state index in [0.29, 0.717) is 0 Å². The quantitative estimate of drug-likeness (QED) is 0.659. The Kier molecular flexibility index (Phi) is 2.99. The van der Waals surface area contributed by atoms with Crippen molar-refractivity contribution in [3.8, 4) is 11.8 Å². The molecular weight excluding hydrogens is 174 g/mol. The third-order valence-electron chi connectivity index (χ3n) is 1.55. The highest BCUT2D eigenvalue weighted by atomic mass is 19.1. The van der Waals surface area contributed by atoms with Crippen LogP contribution in [0.3, 0.4) is 0 Å². The largest absolute Gasteiger partial charge is 0.376 e. The lowest BCUT2D eigenvalue weighted by molar-refractivity contribution is 0.226. The third-order valence-corrected chi connectivity index (χ3v) is 1.55. The molecule has 1 unspecified atom stereocenters. The summed E-state index contributed by atoms with van der Waals surface area (Å²) in [6.45, 7) is 1.49. The lowest BCUT2D eigenvalue weighted by Gasteiger charge is -2.05. The van der Waals surface area contributed by atoms with Gasteiger partial charge in [0.2, 0.25) is 0 Å². The molecule has 0 bridgehead atoms. The summed E-state index contributed by atoms with van der Waals surface area (Å²) in [6.07, 6.45) is -1.40. The van der Waals surface area contributed by atoms with Crippen LogP contribution in [0, 0.1) is 23.5 Å². The SMILES string of the molecule is CC#CC(O)c1c(F)cccc1F. The Labute approximate surface area is 75.0 Å². The van der Waals surface area contributed by atoms with Crippen molar-refractivity contribution in [1.82, 2.24) is 0 Å². The maximum Gasteiger partial charge on any atom is 0.145 e. The number of benzene rings is 1. The Morgan fingerprint density at radius 1 is 1.31 bits per heavy atom. The first-order chi connectivity index (χ1) is 6.16. The molecule has 1 rings (SSSR count). The second-order valence-electron chi connectivity index (χ2n) is 2.43. The average Bonchev–Trinajstić information content (AvgIpc) is 2.04. The molecule has 0 radical (unpaired) electrons. The van der Waals surface area contributed by atoms with Gasteiger partial charge in [0, 0.05) is 0 Å². The van der Waals surface area contributed by atoms with Gasteiger partial charge in [-0.05, 0) is 19.1 Å². The minimum atomic E-state index is -1.40. The van der Waals surface area contributed by atoms with Gasteiger partial charge >= 0.3 is 0 Å². The second kappa shape index (κ2) is 4.01. The van der Waals surface area contributed by atoms with E-state index >= 15 is 0 Å².